The van der Waals surface area contributed by atoms with Gasteiger partial charge in [-0.15, -0.1) is 11.3 Å². The Balaban J connectivity index is 1.47. The van der Waals surface area contributed by atoms with E-state index in [1.165, 1.54) is 59.5 Å². The van der Waals surface area contributed by atoms with Crippen molar-refractivity contribution in [1.29, 1.82) is 0 Å². The number of halogens is 1. The van der Waals surface area contributed by atoms with E-state index in [4.69, 9.17) is 11.6 Å². The summed E-state index contributed by atoms with van der Waals surface area (Å²) in [6.45, 7) is 0. The number of carbonyl (C=O) groups excluding carboxylic acids is 1. The highest BCUT2D eigenvalue weighted by molar-refractivity contribution is 8.01. The third kappa shape index (κ3) is 5.19. The van der Waals surface area contributed by atoms with E-state index in [0.717, 1.165) is 10.2 Å². The molecule has 0 aliphatic rings. The molecule has 6 nitrogen and oxygen atoms in total. The zero-order valence-corrected chi connectivity index (χ0v) is 19.0. The Morgan fingerprint density at radius 3 is 2.48 bits per heavy atom. The maximum atomic E-state index is 12.6. The first kappa shape index (κ1) is 21.6. The summed E-state index contributed by atoms with van der Waals surface area (Å²) in [5.41, 5.74) is 1.66. The van der Waals surface area contributed by atoms with Gasteiger partial charge >= 0.3 is 0 Å². The molecule has 1 aromatic heterocycles. The van der Waals surface area contributed by atoms with E-state index in [0.29, 0.717) is 20.6 Å². The minimum atomic E-state index is -3.74. The average molecular weight is 491 g/mol. The number of aromatic hydroxyl groups is 1. The molecule has 2 N–H and O–H groups in total. The number of anilines is 1. The van der Waals surface area contributed by atoms with Gasteiger partial charge in [0.15, 0.2) is 10.1 Å². The molecule has 0 radical (unpaired) electrons. The Bertz CT molecular complexity index is 1350. The summed E-state index contributed by atoms with van der Waals surface area (Å²) in [5, 5.41) is 9.78. The van der Waals surface area contributed by atoms with Gasteiger partial charge in [0.2, 0.25) is 0 Å². The fraction of sp³-hybridized carbons (Fsp3) is 0.0476. The van der Waals surface area contributed by atoms with Crippen LogP contribution in [0.3, 0.4) is 0 Å². The number of rotatable bonds is 7. The number of nitrogens with zero attached hydrogens (tertiary/aromatic N) is 1. The van der Waals surface area contributed by atoms with Crippen LogP contribution in [0.2, 0.25) is 5.02 Å². The van der Waals surface area contributed by atoms with E-state index in [2.05, 4.69) is 9.71 Å². The molecule has 0 unspecified atom stereocenters. The van der Waals surface area contributed by atoms with Gasteiger partial charge in [0.25, 0.3) is 10.0 Å². The Hall–Kier alpha value is -2.59. The van der Waals surface area contributed by atoms with Gasteiger partial charge in [-0.3, -0.25) is 9.52 Å². The van der Waals surface area contributed by atoms with Gasteiger partial charge in [0, 0.05) is 10.6 Å². The molecule has 31 heavy (non-hydrogen) atoms. The van der Waals surface area contributed by atoms with Gasteiger partial charge in [-0.2, -0.15) is 0 Å². The highest BCUT2D eigenvalue weighted by Crippen LogP contribution is 2.32. The predicted octanol–water partition coefficient (Wildman–Crippen LogP) is 5.43. The van der Waals surface area contributed by atoms with Crippen molar-refractivity contribution < 1.29 is 18.3 Å². The van der Waals surface area contributed by atoms with Crippen molar-refractivity contribution in [2.45, 2.75) is 9.24 Å². The summed E-state index contributed by atoms with van der Waals surface area (Å²) in [5.74, 6) is 0.249. The van der Waals surface area contributed by atoms with Crippen molar-refractivity contribution in [3.8, 4) is 5.75 Å². The number of phenols is 1. The first-order valence-corrected chi connectivity index (χ1v) is 12.6. The summed E-state index contributed by atoms with van der Waals surface area (Å²) in [6.07, 6.45) is 0. The van der Waals surface area contributed by atoms with Crippen molar-refractivity contribution in [3.05, 3.63) is 77.3 Å². The molecule has 3 aromatic carbocycles. The van der Waals surface area contributed by atoms with E-state index < -0.39 is 10.0 Å². The Labute approximate surface area is 192 Å². The molecule has 0 saturated carbocycles. The number of phenolic OH excluding ortho intramolecular Hbond substituents is 1. The standard InChI is InChI=1S/C21H15ClN2O4S3/c22-14-3-8-17(9-4-14)31(27,28)24-15-5-10-18-20(11-15)30-21(23-18)29-12-19(26)13-1-6-16(25)7-2-13/h1-11,24-25H,12H2. The number of nitrogens with one attached hydrogen (secondary N) is 1. The number of thiazole rings is 1. The molecule has 0 saturated heterocycles. The van der Waals surface area contributed by atoms with Crippen LogP contribution >= 0.6 is 34.7 Å². The predicted molar refractivity (Wildman–Crippen MR) is 125 cm³/mol. The highest BCUT2D eigenvalue weighted by Gasteiger charge is 2.15. The average Bonchev–Trinajstić information content (AvgIpc) is 3.15. The van der Waals surface area contributed by atoms with Gasteiger partial charge in [0.05, 0.1) is 26.6 Å². The molecule has 0 atom stereocenters. The van der Waals surface area contributed by atoms with Crippen LogP contribution in [0.5, 0.6) is 5.75 Å². The number of fused-ring (bicyclic) bond motifs is 1. The molecule has 0 amide bonds. The lowest BCUT2D eigenvalue weighted by Crippen LogP contribution is -2.12. The fourth-order valence-electron chi connectivity index (χ4n) is 2.71. The Morgan fingerprint density at radius 1 is 1.06 bits per heavy atom. The normalized spacial score (nSPS) is 11.5. The van der Waals surface area contributed by atoms with Crippen LogP contribution < -0.4 is 4.72 Å². The van der Waals surface area contributed by atoms with E-state index in [9.17, 15) is 18.3 Å². The summed E-state index contributed by atoms with van der Waals surface area (Å²) in [7, 11) is -3.74. The number of ketones is 1. The fourth-order valence-corrected chi connectivity index (χ4v) is 5.89. The summed E-state index contributed by atoms with van der Waals surface area (Å²) < 4.78 is 29.2. The topological polar surface area (TPSA) is 96.4 Å². The molecule has 4 aromatic rings. The monoisotopic (exact) mass is 490 g/mol. The smallest absolute Gasteiger partial charge is 0.261 e. The molecular weight excluding hydrogens is 476 g/mol. The number of hydrogen-bond acceptors (Lipinski definition) is 7. The van der Waals surface area contributed by atoms with Gasteiger partial charge in [0.1, 0.15) is 5.75 Å². The first-order chi connectivity index (χ1) is 14.8. The quantitative estimate of drug-likeness (QED) is 0.265. The second-order valence-electron chi connectivity index (χ2n) is 6.48. The van der Waals surface area contributed by atoms with Gasteiger partial charge < -0.3 is 5.11 Å². The van der Waals surface area contributed by atoms with Crippen molar-refractivity contribution >= 4 is 66.4 Å². The number of thioether (sulfide) groups is 1. The molecule has 0 aliphatic carbocycles. The Morgan fingerprint density at radius 2 is 1.77 bits per heavy atom. The molecule has 0 aliphatic heterocycles. The lowest BCUT2D eigenvalue weighted by molar-refractivity contribution is 0.102. The molecule has 0 spiro atoms. The van der Waals surface area contributed by atoms with Crippen LogP contribution in [0, 0.1) is 0 Å². The molecular formula is C21H15ClN2O4S3. The molecule has 10 heteroatoms. The van der Waals surface area contributed by atoms with Crippen LogP contribution in [0.1, 0.15) is 10.4 Å². The lowest BCUT2D eigenvalue weighted by Gasteiger charge is -2.08. The molecule has 4 rings (SSSR count). The third-order valence-electron chi connectivity index (χ3n) is 4.26. The van der Waals surface area contributed by atoms with E-state index in [1.807, 2.05) is 0 Å². The number of benzene rings is 3. The summed E-state index contributed by atoms with van der Waals surface area (Å²) in [4.78, 5) is 16.9. The molecule has 158 valence electrons. The number of Topliss-reactive ketones (excluding diaryl/α,β-unsaturated/α-hetero) is 1. The van der Waals surface area contributed by atoms with E-state index in [-0.39, 0.29) is 22.2 Å². The number of aromatic nitrogens is 1. The minimum absolute atomic E-state index is 0.0688. The number of carbonyl (C=O) groups is 1. The second-order valence-corrected chi connectivity index (χ2v) is 10.9. The summed E-state index contributed by atoms with van der Waals surface area (Å²) >= 11 is 8.52. The molecule has 1 heterocycles. The minimum Gasteiger partial charge on any atom is -0.508 e. The van der Waals surface area contributed by atoms with Gasteiger partial charge in [-0.05, 0) is 66.7 Å². The van der Waals surface area contributed by atoms with E-state index in [1.54, 1.807) is 30.3 Å². The third-order valence-corrected chi connectivity index (χ3v) is 8.07. The maximum Gasteiger partial charge on any atom is 0.261 e. The number of sulfonamides is 1. The van der Waals surface area contributed by atoms with Crippen molar-refractivity contribution in [3.63, 3.8) is 0 Å². The Kier molecular flexibility index (Phi) is 6.19. The van der Waals surface area contributed by atoms with Crippen LogP contribution in [0.15, 0.2) is 76.0 Å². The van der Waals surface area contributed by atoms with E-state index >= 15 is 0 Å². The first-order valence-electron chi connectivity index (χ1n) is 8.94. The number of hydrogen-bond donors (Lipinski definition) is 2. The second kappa shape index (κ2) is 8.88. The van der Waals surface area contributed by atoms with Crippen molar-refractivity contribution in [1.82, 2.24) is 4.98 Å². The summed E-state index contributed by atoms with van der Waals surface area (Å²) in [6, 6.07) is 17.1. The van der Waals surface area contributed by atoms with Crippen LogP contribution in [-0.2, 0) is 10.0 Å². The van der Waals surface area contributed by atoms with Crippen LogP contribution in [0.4, 0.5) is 5.69 Å². The SMILES string of the molecule is O=C(CSc1nc2ccc(NS(=O)(=O)c3ccc(Cl)cc3)cc2s1)c1ccc(O)cc1. The highest BCUT2D eigenvalue weighted by atomic mass is 35.5. The van der Waals surface area contributed by atoms with Crippen molar-refractivity contribution in [2.75, 3.05) is 10.5 Å². The zero-order chi connectivity index (χ0) is 22.0. The van der Waals surface area contributed by atoms with Crippen LogP contribution in [-0.4, -0.2) is 30.0 Å². The lowest BCUT2D eigenvalue weighted by atomic mass is 10.1. The van der Waals surface area contributed by atoms with Crippen LogP contribution in [0.25, 0.3) is 10.2 Å². The molecule has 0 bridgehead atoms. The zero-order valence-electron chi connectivity index (χ0n) is 15.8. The van der Waals surface area contributed by atoms with Gasteiger partial charge in [-0.25, -0.2) is 13.4 Å². The van der Waals surface area contributed by atoms with Gasteiger partial charge in [-0.1, -0.05) is 23.4 Å². The maximum absolute atomic E-state index is 12.6. The molecule has 0 fully saturated rings. The largest absolute Gasteiger partial charge is 0.508 e. The van der Waals surface area contributed by atoms with Crippen molar-refractivity contribution in [2.24, 2.45) is 0 Å².